The first-order valence-corrected chi connectivity index (χ1v) is 8.03. The standard InChI is InChI=1S/C16H25ClN2O.2ClH/c1-2-3-4-5-15(19-10-8-18-9-11-19)13-6-7-16(20)14(17)12-13;;/h6-7,12,15,18,20H,2-5,8-11H2,1H3;2*1H/t15-;;/m0../s1. The molecule has 3 nitrogen and oxygen atoms in total. The molecular weight excluding hydrogens is 343 g/mol. The Labute approximate surface area is 151 Å². The normalized spacial score (nSPS) is 16.5. The molecule has 0 bridgehead atoms. The zero-order chi connectivity index (χ0) is 14.4. The van der Waals surface area contributed by atoms with E-state index in [1.165, 1.54) is 24.8 Å². The van der Waals surface area contributed by atoms with E-state index in [2.05, 4.69) is 17.1 Å². The van der Waals surface area contributed by atoms with E-state index in [-0.39, 0.29) is 30.6 Å². The molecule has 0 aromatic heterocycles. The van der Waals surface area contributed by atoms with E-state index >= 15 is 0 Å². The van der Waals surface area contributed by atoms with Crippen molar-refractivity contribution in [3.63, 3.8) is 0 Å². The lowest BCUT2D eigenvalue weighted by molar-refractivity contribution is 0.162. The molecule has 1 aliphatic rings. The zero-order valence-corrected chi connectivity index (χ0v) is 15.4. The minimum atomic E-state index is 0. The second kappa shape index (κ2) is 11.4. The van der Waals surface area contributed by atoms with Crippen LogP contribution in [-0.4, -0.2) is 36.2 Å². The number of piperazine rings is 1. The van der Waals surface area contributed by atoms with E-state index in [1.807, 2.05) is 12.1 Å². The summed E-state index contributed by atoms with van der Waals surface area (Å²) in [5.41, 5.74) is 1.23. The number of benzene rings is 1. The monoisotopic (exact) mass is 368 g/mol. The van der Waals surface area contributed by atoms with Crippen LogP contribution in [0.1, 0.15) is 44.2 Å². The van der Waals surface area contributed by atoms with Crippen LogP contribution in [0.5, 0.6) is 5.75 Å². The van der Waals surface area contributed by atoms with Crippen LogP contribution in [0.25, 0.3) is 0 Å². The van der Waals surface area contributed by atoms with Gasteiger partial charge >= 0.3 is 0 Å². The largest absolute Gasteiger partial charge is 0.506 e. The summed E-state index contributed by atoms with van der Waals surface area (Å²) in [5.74, 6) is 0.169. The maximum atomic E-state index is 9.59. The topological polar surface area (TPSA) is 35.5 Å². The summed E-state index contributed by atoms with van der Waals surface area (Å²) in [7, 11) is 0. The number of phenols is 1. The summed E-state index contributed by atoms with van der Waals surface area (Å²) in [5, 5.41) is 13.5. The quantitative estimate of drug-likeness (QED) is 0.729. The maximum absolute atomic E-state index is 9.59. The van der Waals surface area contributed by atoms with Gasteiger partial charge in [-0.3, -0.25) is 4.90 Å². The Morgan fingerprint density at radius 2 is 1.91 bits per heavy atom. The summed E-state index contributed by atoms with van der Waals surface area (Å²) >= 11 is 6.08. The summed E-state index contributed by atoms with van der Waals surface area (Å²) in [6.45, 7) is 6.49. The molecule has 128 valence electrons. The van der Waals surface area contributed by atoms with Crippen molar-refractivity contribution in [3.05, 3.63) is 28.8 Å². The molecule has 1 heterocycles. The van der Waals surface area contributed by atoms with E-state index in [0.29, 0.717) is 11.1 Å². The number of rotatable bonds is 6. The Hall–Kier alpha value is -0.190. The van der Waals surface area contributed by atoms with Crippen molar-refractivity contribution in [2.45, 2.75) is 38.6 Å². The van der Waals surface area contributed by atoms with Crippen molar-refractivity contribution in [2.75, 3.05) is 26.2 Å². The van der Waals surface area contributed by atoms with Gasteiger partial charge in [-0.05, 0) is 24.1 Å². The number of unbranched alkanes of at least 4 members (excludes halogenated alkanes) is 2. The van der Waals surface area contributed by atoms with Crippen LogP contribution in [0.2, 0.25) is 5.02 Å². The van der Waals surface area contributed by atoms with E-state index in [0.717, 1.165) is 32.6 Å². The highest BCUT2D eigenvalue weighted by Crippen LogP contribution is 2.32. The number of aromatic hydroxyl groups is 1. The Morgan fingerprint density at radius 3 is 2.50 bits per heavy atom. The molecule has 2 N–H and O–H groups in total. The first-order chi connectivity index (χ1) is 9.72. The van der Waals surface area contributed by atoms with E-state index in [4.69, 9.17) is 11.6 Å². The average molecular weight is 370 g/mol. The fourth-order valence-corrected chi connectivity index (χ4v) is 3.06. The lowest BCUT2D eigenvalue weighted by Gasteiger charge is -2.35. The predicted molar refractivity (Wildman–Crippen MR) is 98.9 cm³/mol. The Balaban J connectivity index is 0.00000220. The first kappa shape index (κ1) is 21.8. The van der Waals surface area contributed by atoms with Gasteiger partial charge < -0.3 is 10.4 Å². The zero-order valence-electron chi connectivity index (χ0n) is 13.1. The molecule has 0 amide bonds. The molecule has 1 saturated heterocycles. The molecule has 0 aliphatic carbocycles. The third kappa shape index (κ3) is 6.13. The minimum Gasteiger partial charge on any atom is -0.506 e. The van der Waals surface area contributed by atoms with Crippen LogP contribution in [0, 0.1) is 0 Å². The average Bonchev–Trinajstić information content (AvgIpc) is 2.48. The molecule has 6 heteroatoms. The summed E-state index contributed by atoms with van der Waals surface area (Å²) in [4.78, 5) is 2.54. The van der Waals surface area contributed by atoms with Crippen molar-refractivity contribution >= 4 is 36.4 Å². The van der Waals surface area contributed by atoms with Gasteiger partial charge in [0.2, 0.25) is 0 Å². The molecular formula is C16H27Cl3N2O. The highest BCUT2D eigenvalue weighted by Gasteiger charge is 2.22. The fourth-order valence-electron chi connectivity index (χ4n) is 2.87. The summed E-state index contributed by atoms with van der Waals surface area (Å²) < 4.78 is 0. The second-order valence-corrected chi connectivity index (χ2v) is 5.92. The van der Waals surface area contributed by atoms with Gasteiger partial charge in [0.1, 0.15) is 5.75 Å². The van der Waals surface area contributed by atoms with Crippen LogP contribution in [0.3, 0.4) is 0 Å². The number of nitrogens with zero attached hydrogens (tertiary/aromatic N) is 1. The molecule has 1 atom stereocenters. The molecule has 1 fully saturated rings. The Morgan fingerprint density at radius 1 is 1.23 bits per heavy atom. The number of nitrogens with one attached hydrogen (secondary N) is 1. The highest BCUT2D eigenvalue weighted by molar-refractivity contribution is 6.32. The van der Waals surface area contributed by atoms with Gasteiger partial charge in [-0.1, -0.05) is 43.9 Å². The molecule has 2 rings (SSSR count). The third-order valence-corrected chi connectivity index (χ3v) is 4.33. The SMILES string of the molecule is CCCCC[C@@H](c1ccc(O)c(Cl)c1)N1CCNCC1.Cl.Cl. The number of phenolic OH excluding ortho intramolecular Hbond substituents is 1. The molecule has 0 spiro atoms. The van der Waals surface area contributed by atoms with Gasteiger partial charge in [-0.2, -0.15) is 0 Å². The van der Waals surface area contributed by atoms with Crippen molar-refractivity contribution < 1.29 is 5.11 Å². The molecule has 1 aliphatic heterocycles. The minimum absolute atomic E-state index is 0. The lowest BCUT2D eigenvalue weighted by atomic mass is 9.98. The van der Waals surface area contributed by atoms with Gasteiger partial charge in [0, 0.05) is 32.2 Å². The Kier molecular flexibility index (Phi) is 11.3. The Bertz CT molecular complexity index is 426. The summed E-state index contributed by atoms with van der Waals surface area (Å²) in [6.07, 6.45) is 4.91. The van der Waals surface area contributed by atoms with Crippen molar-refractivity contribution in [3.8, 4) is 5.75 Å². The highest BCUT2D eigenvalue weighted by atomic mass is 35.5. The van der Waals surface area contributed by atoms with Crippen molar-refractivity contribution in [1.29, 1.82) is 0 Å². The number of hydrogen-bond donors (Lipinski definition) is 2. The maximum Gasteiger partial charge on any atom is 0.134 e. The van der Waals surface area contributed by atoms with Gasteiger partial charge in [0.25, 0.3) is 0 Å². The van der Waals surface area contributed by atoms with Gasteiger partial charge in [0.05, 0.1) is 5.02 Å². The number of halogens is 3. The number of hydrogen-bond acceptors (Lipinski definition) is 3. The third-order valence-electron chi connectivity index (χ3n) is 4.03. The first-order valence-electron chi connectivity index (χ1n) is 7.65. The smallest absolute Gasteiger partial charge is 0.134 e. The molecule has 0 saturated carbocycles. The van der Waals surface area contributed by atoms with Gasteiger partial charge in [-0.15, -0.1) is 24.8 Å². The van der Waals surface area contributed by atoms with E-state index < -0.39 is 0 Å². The van der Waals surface area contributed by atoms with Crippen LogP contribution < -0.4 is 5.32 Å². The van der Waals surface area contributed by atoms with Crippen LogP contribution in [0.4, 0.5) is 0 Å². The van der Waals surface area contributed by atoms with Gasteiger partial charge in [-0.25, -0.2) is 0 Å². The van der Waals surface area contributed by atoms with Crippen molar-refractivity contribution in [1.82, 2.24) is 10.2 Å². The molecule has 0 radical (unpaired) electrons. The van der Waals surface area contributed by atoms with Crippen LogP contribution in [-0.2, 0) is 0 Å². The van der Waals surface area contributed by atoms with Gasteiger partial charge in [0.15, 0.2) is 0 Å². The predicted octanol–water partition coefficient (Wildman–Crippen LogP) is 4.42. The molecule has 0 unspecified atom stereocenters. The molecule has 1 aromatic carbocycles. The van der Waals surface area contributed by atoms with Crippen LogP contribution >= 0.6 is 36.4 Å². The van der Waals surface area contributed by atoms with E-state index in [9.17, 15) is 5.11 Å². The second-order valence-electron chi connectivity index (χ2n) is 5.51. The van der Waals surface area contributed by atoms with Crippen molar-refractivity contribution in [2.24, 2.45) is 0 Å². The summed E-state index contributed by atoms with van der Waals surface area (Å²) in [6, 6.07) is 6.07. The molecule has 1 aromatic rings. The van der Waals surface area contributed by atoms with Crippen LogP contribution in [0.15, 0.2) is 18.2 Å². The van der Waals surface area contributed by atoms with E-state index in [1.54, 1.807) is 6.07 Å². The molecule has 22 heavy (non-hydrogen) atoms. The fraction of sp³-hybridized carbons (Fsp3) is 0.625. The lowest BCUT2D eigenvalue weighted by Crippen LogP contribution is -2.45.